The van der Waals surface area contributed by atoms with Crippen molar-refractivity contribution >= 4 is 31.1 Å². The summed E-state index contributed by atoms with van der Waals surface area (Å²) in [5.41, 5.74) is 5.61. The van der Waals surface area contributed by atoms with E-state index in [9.17, 15) is 0 Å². The minimum absolute atomic E-state index is 0.00369. The molecule has 2 bridgehead atoms. The van der Waals surface area contributed by atoms with E-state index in [0.717, 1.165) is 0 Å². The Morgan fingerprint density at radius 2 is 1.19 bits per heavy atom. The Kier molecular flexibility index (Phi) is 4.78. The first kappa shape index (κ1) is 19.6. The molecular weight excluding hydrogens is 417 g/mol. The van der Waals surface area contributed by atoms with Crippen molar-refractivity contribution in [2.75, 3.05) is 0 Å². The van der Waals surface area contributed by atoms with Gasteiger partial charge in [0.15, 0.2) is 0 Å². The van der Waals surface area contributed by atoms with Crippen molar-refractivity contribution in [2.24, 2.45) is 0 Å². The molecule has 154 valence electrons. The lowest BCUT2D eigenvalue weighted by Crippen LogP contribution is -2.70. The van der Waals surface area contributed by atoms with Crippen LogP contribution in [-0.4, -0.2) is 20.7 Å². The van der Waals surface area contributed by atoms with Crippen molar-refractivity contribution in [3.05, 3.63) is 144 Å². The molecule has 0 saturated heterocycles. The van der Waals surface area contributed by atoms with E-state index in [1.165, 1.54) is 23.6 Å². The predicted octanol–water partition coefficient (Wildman–Crippen LogP) is 5.08. The molecule has 0 fully saturated rings. The summed E-state index contributed by atoms with van der Waals surface area (Å²) >= 11 is 0. The predicted molar refractivity (Wildman–Crippen MR) is 141 cm³/mol. The molecule has 0 spiro atoms. The molecule has 32 heavy (non-hydrogen) atoms. The van der Waals surface area contributed by atoms with Crippen LogP contribution in [0.2, 0.25) is 6.04 Å². The number of allylic oxidation sites excluding steroid dienone is 1. The molecule has 3 aliphatic heterocycles. The first-order valence-corrected chi connectivity index (χ1v) is 16.3. The summed E-state index contributed by atoms with van der Waals surface area (Å²) in [6, 6.07) is 46.8. The third kappa shape index (κ3) is 2.90. The van der Waals surface area contributed by atoms with Crippen LogP contribution >= 0.6 is 0 Å². The molecule has 4 aromatic carbocycles. The van der Waals surface area contributed by atoms with Gasteiger partial charge in [0.1, 0.15) is 7.59 Å². The fourth-order valence-corrected chi connectivity index (χ4v) is 20.2. The fourth-order valence-electron chi connectivity index (χ4n) is 5.96. The van der Waals surface area contributed by atoms with Crippen LogP contribution in [0.1, 0.15) is 17.5 Å². The quantitative estimate of drug-likeness (QED) is 0.387. The summed E-state index contributed by atoms with van der Waals surface area (Å²) in [6.45, 7) is 0. The van der Waals surface area contributed by atoms with Gasteiger partial charge in [-0.25, -0.2) is 0 Å². The molecule has 2 atom stereocenters. The molecule has 0 amide bonds. The highest BCUT2D eigenvalue weighted by molar-refractivity contribution is 7.47. The van der Waals surface area contributed by atoms with E-state index in [1.54, 1.807) is 15.5 Å². The molecule has 4 aromatic rings. The maximum Gasteiger partial charge on any atom is 0.124 e. The van der Waals surface area contributed by atoms with Crippen LogP contribution in [0.5, 0.6) is 0 Å². The Hall–Kier alpha value is -3.08. The highest BCUT2D eigenvalue weighted by Crippen LogP contribution is 2.45. The molecule has 0 saturated carbocycles. The van der Waals surface area contributed by atoms with E-state index in [1.807, 2.05) is 0 Å². The van der Waals surface area contributed by atoms with E-state index < -0.39 is 15.5 Å². The van der Waals surface area contributed by atoms with Crippen LogP contribution in [0.25, 0.3) is 0 Å². The molecule has 0 aliphatic carbocycles. The SMILES string of the molecule is C1=C[Si]2(c3ccccc3)CCC1(c1ccccc1)C(c1ccccc1)=[Si]2c1ccccc1. The number of rotatable bonds is 4. The maximum atomic E-state index is 2.73. The summed E-state index contributed by atoms with van der Waals surface area (Å²) in [6.07, 6.45) is 3.82. The maximum absolute atomic E-state index is 2.73. The highest BCUT2D eigenvalue weighted by Gasteiger charge is 2.53. The first-order valence-electron chi connectivity index (χ1n) is 11.5. The zero-order chi connectivity index (χ0) is 21.4. The van der Waals surface area contributed by atoms with Crippen LogP contribution in [-0.2, 0) is 5.41 Å². The topological polar surface area (TPSA) is 0 Å². The van der Waals surface area contributed by atoms with E-state index >= 15 is 0 Å². The lowest BCUT2D eigenvalue weighted by atomic mass is 9.73. The second-order valence-electron chi connectivity index (χ2n) is 8.99. The van der Waals surface area contributed by atoms with Crippen LogP contribution < -0.4 is 10.4 Å². The van der Waals surface area contributed by atoms with Crippen LogP contribution in [0.4, 0.5) is 0 Å². The smallest absolute Gasteiger partial charge is 0.0920 e. The number of benzene rings is 4. The summed E-state index contributed by atoms with van der Waals surface area (Å²) in [4.78, 5) is 0. The number of fused-ring (bicyclic) bond motifs is 1. The van der Waals surface area contributed by atoms with Crippen molar-refractivity contribution in [3.8, 4) is 0 Å². The summed E-state index contributed by atoms with van der Waals surface area (Å²) in [7, 11) is -2.88. The third-order valence-electron chi connectivity index (χ3n) is 7.41. The summed E-state index contributed by atoms with van der Waals surface area (Å²) in [5, 5.41) is 4.87. The van der Waals surface area contributed by atoms with Gasteiger partial charge >= 0.3 is 0 Å². The first-order chi connectivity index (χ1) is 15.8. The average molecular weight is 443 g/mol. The number of hydrogen-bond donors (Lipinski definition) is 0. The second kappa shape index (κ2) is 7.81. The van der Waals surface area contributed by atoms with Gasteiger partial charge in [-0.2, -0.15) is 0 Å². The van der Waals surface area contributed by atoms with Gasteiger partial charge in [-0.1, -0.05) is 138 Å². The van der Waals surface area contributed by atoms with Crippen molar-refractivity contribution in [3.63, 3.8) is 0 Å². The van der Waals surface area contributed by atoms with Gasteiger partial charge < -0.3 is 0 Å². The fraction of sp³-hybridized carbons (Fsp3) is 0.100. The van der Waals surface area contributed by atoms with Gasteiger partial charge in [0.25, 0.3) is 0 Å². The van der Waals surface area contributed by atoms with Gasteiger partial charge in [0, 0.05) is 5.41 Å². The standard InChI is InChI=1S/C30H26Si2/c1-5-13-25(14-6-1)29-30(26-15-7-2-8-16-26)21-23-32(24-22-30,28-19-11-4-12-20-28)31(29)27-17-9-3-10-18-27/h1-21,23H,22,24H2. The molecule has 3 aliphatic rings. The molecule has 7 rings (SSSR count). The molecule has 0 aromatic heterocycles. The van der Waals surface area contributed by atoms with Gasteiger partial charge in [-0.15, -0.1) is 0 Å². The molecule has 0 nitrogen and oxygen atoms in total. The summed E-state index contributed by atoms with van der Waals surface area (Å²) < 4.78 is 0. The third-order valence-corrected chi connectivity index (χ3v) is 20.0. The Bertz CT molecular complexity index is 1190. The van der Waals surface area contributed by atoms with Crippen molar-refractivity contribution in [1.82, 2.24) is 0 Å². The normalized spacial score (nSPS) is 24.0. The Labute approximate surface area is 192 Å². The zero-order valence-electron chi connectivity index (χ0n) is 18.1. The van der Waals surface area contributed by atoms with Gasteiger partial charge in [-0.05, 0) is 33.9 Å². The van der Waals surface area contributed by atoms with Crippen LogP contribution in [0.3, 0.4) is 0 Å². The largest absolute Gasteiger partial charge is 0.124 e. The van der Waals surface area contributed by atoms with E-state index in [-0.39, 0.29) is 5.41 Å². The van der Waals surface area contributed by atoms with Crippen molar-refractivity contribution < 1.29 is 0 Å². The Morgan fingerprint density at radius 3 is 1.78 bits per heavy atom. The molecular formula is C30H26Si2. The summed E-state index contributed by atoms with van der Waals surface area (Å²) in [5.74, 6) is 0. The highest BCUT2D eigenvalue weighted by atomic mass is 29.2. The Balaban J connectivity index is 1.74. The van der Waals surface area contributed by atoms with Gasteiger partial charge in [0.05, 0.1) is 7.93 Å². The molecule has 3 heterocycles. The Morgan fingerprint density at radius 1 is 0.625 bits per heavy atom. The van der Waals surface area contributed by atoms with Crippen molar-refractivity contribution in [1.29, 1.82) is 0 Å². The average Bonchev–Trinajstić information content (AvgIpc) is 2.91. The van der Waals surface area contributed by atoms with Crippen molar-refractivity contribution in [2.45, 2.75) is 17.9 Å². The molecule has 2 heteroatoms. The van der Waals surface area contributed by atoms with E-state index in [4.69, 9.17) is 0 Å². The molecule has 0 N–H and O–H groups in total. The minimum atomic E-state index is -1.88. The second-order valence-corrected chi connectivity index (χ2v) is 18.3. The van der Waals surface area contributed by atoms with Crippen LogP contribution in [0, 0.1) is 0 Å². The minimum Gasteiger partial charge on any atom is -0.0920 e. The van der Waals surface area contributed by atoms with Gasteiger partial charge in [-0.3, -0.25) is 0 Å². The lowest BCUT2D eigenvalue weighted by molar-refractivity contribution is 0.675. The van der Waals surface area contributed by atoms with Gasteiger partial charge in [0.2, 0.25) is 0 Å². The molecule has 2 unspecified atom stereocenters. The van der Waals surface area contributed by atoms with E-state index in [0.29, 0.717) is 0 Å². The number of hydrogen-bond acceptors (Lipinski definition) is 0. The monoisotopic (exact) mass is 442 g/mol. The molecule has 0 radical (unpaired) electrons. The zero-order valence-corrected chi connectivity index (χ0v) is 20.1. The van der Waals surface area contributed by atoms with Crippen LogP contribution in [0.15, 0.2) is 133 Å². The van der Waals surface area contributed by atoms with E-state index in [2.05, 4.69) is 133 Å². The lowest BCUT2D eigenvalue weighted by Gasteiger charge is -2.51.